The van der Waals surface area contributed by atoms with Gasteiger partial charge in [-0.15, -0.1) is 11.8 Å². The fourth-order valence-electron chi connectivity index (χ4n) is 4.19. The van der Waals surface area contributed by atoms with Gasteiger partial charge in [0.05, 0.1) is 25.0 Å². The molecule has 2 fully saturated rings. The quantitative estimate of drug-likeness (QED) is 0.768. The normalized spacial score (nSPS) is 20.9. The summed E-state index contributed by atoms with van der Waals surface area (Å²) >= 11 is 1.91. The van der Waals surface area contributed by atoms with Crippen molar-refractivity contribution < 1.29 is 14.0 Å². The van der Waals surface area contributed by atoms with Gasteiger partial charge in [0.15, 0.2) is 0 Å². The van der Waals surface area contributed by atoms with Crippen molar-refractivity contribution in [2.75, 3.05) is 26.2 Å². The Kier molecular flexibility index (Phi) is 6.79. The molecule has 2 aliphatic heterocycles. The Bertz CT molecular complexity index is 862. The van der Waals surface area contributed by atoms with Crippen LogP contribution in [0.4, 0.5) is 0 Å². The molecule has 1 atom stereocenters. The minimum Gasteiger partial charge on any atom is -0.472 e. The smallest absolute Gasteiger partial charge is 0.237 e. The van der Waals surface area contributed by atoms with E-state index in [0.717, 1.165) is 38.0 Å². The summed E-state index contributed by atoms with van der Waals surface area (Å²) in [5.74, 6) is 0.0243. The van der Waals surface area contributed by atoms with Crippen molar-refractivity contribution in [2.45, 2.75) is 48.9 Å². The molecule has 1 aromatic carbocycles. The lowest BCUT2D eigenvalue weighted by Crippen LogP contribution is -2.56. The molecule has 2 saturated heterocycles. The zero-order chi connectivity index (χ0) is 20.9. The maximum absolute atomic E-state index is 13.0. The van der Waals surface area contributed by atoms with Gasteiger partial charge in [-0.25, -0.2) is 0 Å². The van der Waals surface area contributed by atoms with Gasteiger partial charge in [-0.05, 0) is 38.0 Å². The molecule has 1 aromatic heterocycles. The number of likely N-dealkylation sites (tertiary alicyclic amines) is 1. The van der Waals surface area contributed by atoms with Crippen molar-refractivity contribution in [3.05, 3.63) is 54.0 Å². The molecule has 2 aliphatic rings. The maximum Gasteiger partial charge on any atom is 0.237 e. The maximum atomic E-state index is 13.0. The van der Waals surface area contributed by atoms with E-state index >= 15 is 0 Å². The highest BCUT2D eigenvalue weighted by atomic mass is 32.2. The second kappa shape index (κ2) is 9.71. The molecule has 0 spiro atoms. The molecule has 7 heteroatoms. The van der Waals surface area contributed by atoms with Gasteiger partial charge in [0.25, 0.3) is 0 Å². The summed E-state index contributed by atoms with van der Waals surface area (Å²) in [6, 6.07) is 10.1. The third kappa shape index (κ3) is 5.26. The second-order valence-corrected chi connectivity index (χ2v) is 9.50. The van der Waals surface area contributed by atoms with Gasteiger partial charge in [-0.2, -0.15) is 0 Å². The van der Waals surface area contributed by atoms with E-state index in [1.165, 1.54) is 10.5 Å². The van der Waals surface area contributed by atoms with Gasteiger partial charge < -0.3 is 14.6 Å². The highest BCUT2D eigenvalue weighted by molar-refractivity contribution is 8.00. The summed E-state index contributed by atoms with van der Waals surface area (Å²) in [7, 11) is 0. The fraction of sp³-hybridized carbons (Fsp3) is 0.478. The number of nitrogens with one attached hydrogen (secondary N) is 1. The van der Waals surface area contributed by atoms with Crippen LogP contribution in [0, 0.1) is 6.92 Å². The van der Waals surface area contributed by atoms with Crippen LogP contribution in [0.2, 0.25) is 0 Å². The number of furan rings is 1. The van der Waals surface area contributed by atoms with Gasteiger partial charge in [0, 0.05) is 48.4 Å². The van der Waals surface area contributed by atoms with Crippen molar-refractivity contribution in [2.24, 2.45) is 0 Å². The predicted octanol–water partition coefficient (Wildman–Crippen LogP) is 3.06. The highest BCUT2D eigenvalue weighted by Gasteiger charge is 2.34. The average Bonchev–Trinajstić information content (AvgIpc) is 3.24. The molecule has 0 saturated carbocycles. The Labute approximate surface area is 182 Å². The van der Waals surface area contributed by atoms with Crippen LogP contribution in [0.5, 0.6) is 0 Å². The number of piperidine rings is 1. The molecule has 0 aliphatic carbocycles. The van der Waals surface area contributed by atoms with Gasteiger partial charge in [0.1, 0.15) is 0 Å². The highest BCUT2D eigenvalue weighted by Crippen LogP contribution is 2.31. The lowest BCUT2D eigenvalue weighted by molar-refractivity contribution is -0.139. The average molecular weight is 428 g/mol. The molecule has 0 bridgehead atoms. The first-order valence-electron chi connectivity index (χ1n) is 10.6. The van der Waals surface area contributed by atoms with E-state index in [0.29, 0.717) is 18.3 Å². The molecule has 6 nitrogen and oxygen atoms in total. The molecule has 160 valence electrons. The summed E-state index contributed by atoms with van der Waals surface area (Å²) in [6.45, 7) is 5.61. The van der Waals surface area contributed by atoms with Gasteiger partial charge in [0.2, 0.25) is 11.8 Å². The number of hydrogen-bond acceptors (Lipinski definition) is 5. The Hall–Kier alpha value is -2.25. The van der Waals surface area contributed by atoms with Crippen LogP contribution >= 0.6 is 11.8 Å². The standard InChI is InChI=1S/C23H29N3O3S/c1-17-3-2-4-20(13-17)30-19-5-9-25(10-6-19)22(27)14-21-23(28)24-8-11-26(21)15-18-7-12-29-16-18/h2-4,7,12-13,16,19,21H,5-6,8-11,14-15H2,1H3,(H,24,28)/t21-/m0/s1. The van der Waals surface area contributed by atoms with Crippen LogP contribution in [0.25, 0.3) is 0 Å². The molecule has 2 aromatic rings. The van der Waals surface area contributed by atoms with Crippen LogP contribution in [-0.2, 0) is 16.1 Å². The number of carbonyl (C=O) groups is 2. The number of hydrogen-bond donors (Lipinski definition) is 1. The molecule has 1 N–H and O–H groups in total. The second-order valence-electron chi connectivity index (χ2n) is 8.13. The van der Waals surface area contributed by atoms with E-state index in [2.05, 4.69) is 41.4 Å². The number of amides is 2. The number of piperazine rings is 1. The summed E-state index contributed by atoms with van der Waals surface area (Å²) in [5, 5.41) is 3.44. The van der Waals surface area contributed by atoms with E-state index in [9.17, 15) is 9.59 Å². The molecular formula is C23H29N3O3S. The third-order valence-corrected chi connectivity index (χ3v) is 7.19. The van der Waals surface area contributed by atoms with Gasteiger partial charge in [-0.1, -0.05) is 17.7 Å². The first-order valence-corrected chi connectivity index (χ1v) is 11.5. The number of carbonyl (C=O) groups excluding carboxylic acids is 2. The fourth-order valence-corrected chi connectivity index (χ4v) is 5.43. The molecule has 30 heavy (non-hydrogen) atoms. The number of aryl methyl sites for hydroxylation is 1. The molecule has 0 radical (unpaired) electrons. The van der Waals surface area contributed by atoms with E-state index in [-0.39, 0.29) is 18.2 Å². The lowest BCUT2D eigenvalue weighted by atomic mass is 10.0. The number of benzene rings is 1. The van der Waals surface area contributed by atoms with Crippen LogP contribution in [0.3, 0.4) is 0 Å². The third-order valence-electron chi connectivity index (χ3n) is 5.86. The molecule has 3 heterocycles. The molecule has 0 unspecified atom stereocenters. The minimum atomic E-state index is -0.416. The Morgan fingerprint density at radius 2 is 2.07 bits per heavy atom. The first kappa shape index (κ1) is 21.0. The van der Waals surface area contributed by atoms with Crippen molar-refractivity contribution >= 4 is 23.6 Å². The first-order chi connectivity index (χ1) is 14.6. The number of nitrogens with zero attached hydrogens (tertiary/aromatic N) is 2. The number of thioether (sulfide) groups is 1. The van der Waals surface area contributed by atoms with Crippen LogP contribution < -0.4 is 5.32 Å². The van der Waals surface area contributed by atoms with Crippen molar-refractivity contribution in [1.82, 2.24) is 15.1 Å². The Balaban J connectivity index is 1.30. The predicted molar refractivity (Wildman–Crippen MR) is 117 cm³/mol. The zero-order valence-corrected chi connectivity index (χ0v) is 18.2. The summed E-state index contributed by atoms with van der Waals surface area (Å²) in [4.78, 5) is 30.8. The number of rotatable bonds is 6. The SMILES string of the molecule is Cc1cccc(SC2CCN(C(=O)C[C@H]3C(=O)NCCN3Cc3ccoc3)CC2)c1. The summed E-state index contributed by atoms with van der Waals surface area (Å²) in [6.07, 6.45) is 5.54. The Morgan fingerprint density at radius 1 is 1.23 bits per heavy atom. The monoisotopic (exact) mass is 427 g/mol. The van der Waals surface area contributed by atoms with Crippen LogP contribution in [0.15, 0.2) is 52.2 Å². The minimum absolute atomic E-state index is 0.0528. The van der Waals surface area contributed by atoms with E-state index in [1.807, 2.05) is 22.7 Å². The van der Waals surface area contributed by atoms with Gasteiger partial charge >= 0.3 is 0 Å². The molecular weight excluding hydrogens is 398 g/mol. The van der Waals surface area contributed by atoms with E-state index in [4.69, 9.17) is 4.42 Å². The largest absolute Gasteiger partial charge is 0.472 e. The molecule has 2 amide bonds. The van der Waals surface area contributed by atoms with Gasteiger partial charge in [-0.3, -0.25) is 14.5 Å². The zero-order valence-electron chi connectivity index (χ0n) is 17.4. The lowest BCUT2D eigenvalue weighted by Gasteiger charge is -2.37. The van der Waals surface area contributed by atoms with E-state index < -0.39 is 6.04 Å². The summed E-state index contributed by atoms with van der Waals surface area (Å²) in [5.41, 5.74) is 2.30. The van der Waals surface area contributed by atoms with Crippen molar-refractivity contribution in [1.29, 1.82) is 0 Å². The van der Waals surface area contributed by atoms with Crippen LogP contribution in [0.1, 0.15) is 30.4 Å². The van der Waals surface area contributed by atoms with Crippen molar-refractivity contribution in [3.8, 4) is 0 Å². The summed E-state index contributed by atoms with van der Waals surface area (Å²) < 4.78 is 5.15. The topological polar surface area (TPSA) is 65.8 Å². The van der Waals surface area contributed by atoms with E-state index in [1.54, 1.807) is 12.5 Å². The van der Waals surface area contributed by atoms with Crippen molar-refractivity contribution in [3.63, 3.8) is 0 Å². The Morgan fingerprint density at radius 3 is 2.80 bits per heavy atom. The van der Waals surface area contributed by atoms with Crippen LogP contribution in [-0.4, -0.2) is 59.1 Å². The molecule has 4 rings (SSSR count).